The minimum absolute atomic E-state index is 0.119. The van der Waals surface area contributed by atoms with Crippen LogP contribution in [0.4, 0.5) is 0 Å². The summed E-state index contributed by atoms with van der Waals surface area (Å²) in [6, 6.07) is -13.0. The van der Waals surface area contributed by atoms with Gasteiger partial charge in [-0.2, -0.15) is 0 Å². The molecule has 0 aromatic rings. The van der Waals surface area contributed by atoms with Crippen LogP contribution in [-0.2, 0) is 57.5 Å². The summed E-state index contributed by atoms with van der Waals surface area (Å²) < 4.78 is 0. The van der Waals surface area contributed by atoms with Crippen LogP contribution >= 0.6 is 0 Å². The number of rotatable bonds is 14. The van der Waals surface area contributed by atoms with Crippen molar-refractivity contribution in [1.82, 2.24) is 55.6 Å². The molecule has 0 bridgehead atoms. The second kappa shape index (κ2) is 33.3. The van der Waals surface area contributed by atoms with Crippen LogP contribution in [-0.4, -0.2) is 221 Å². The Kier molecular flexibility index (Phi) is 30.0. The van der Waals surface area contributed by atoms with Gasteiger partial charge in [0.2, 0.25) is 59.1 Å². The molecule has 0 aromatic heterocycles. The number of carbonyl (C=O) groups is 12. The largest absolute Gasteiger partial charge is 0.343 e. The summed E-state index contributed by atoms with van der Waals surface area (Å²) in [4.78, 5) is 182. The molecule has 1 heterocycles. The first-order valence-electron chi connectivity index (χ1n) is 29.8. The lowest BCUT2D eigenvalue weighted by atomic mass is 9.93. The molecular weight excluding hydrogens is 1080 g/mol. The van der Waals surface area contributed by atoms with Crippen molar-refractivity contribution in [2.45, 2.75) is 210 Å². The van der Waals surface area contributed by atoms with E-state index >= 15 is 9.59 Å². The second-order valence-electron chi connectivity index (χ2n) is 25.8. The first-order valence-corrected chi connectivity index (χ1v) is 29.8. The van der Waals surface area contributed by atoms with E-state index < -0.39 is 155 Å². The molecule has 0 unspecified atom stereocenters. The number of nitrogens with zero attached hydrogens (tertiary/aromatic N) is 7. The molecular formula is C61H107N11O12. The van der Waals surface area contributed by atoms with Gasteiger partial charge in [0.05, 0.1) is 6.54 Å². The van der Waals surface area contributed by atoms with Crippen LogP contribution in [0, 0.1) is 41.4 Å². The van der Waals surface area contributed by atoms with E-state index in [2.05, 4.69) is 27.8 Å². The highest BCUT2D eigenvalue weighted by Gasteiger charge is 2.46. The summed E-state index contributed by atoms with van der Waals surface area (Å²) in [5, 5.41) is 10.8. The zero-order valence-electron chi connectivity index (χ0n) is 55.3. The number of hydrogen-bond donors (Lipinski definition) is 4. The Morgan fingerprint density at radius 2 is 0.869 bits per heavy atom. The van der Waals surface area contributed by atoms with Crippen LogP contribution in [0.3, 0.4) is 0 Å². The Balaban J connectivity index is 4.33. The van der Waals surface area contributed by atoms with Gasteiger partial charge in [0.25, 0.3) is 5.91 Å². The van der Waals surface area contributed by atoms with Crippen LogP contribution in [0.2, 0.25) is 0 Å². The van der Waals surface area contributed by atoms with E-state index in [1.165, 1.54) is 94.6 Å². The Morgan fingerprint density at radius 3 is 1.30 bits per heavy atom. The maximum Gasteiger partial charge on any atom is 0.251 e. The maximum absolute atomic E-state index is 15.1. The summed E-state index contributed by atoms with van der Waals surface area (Å²) in [5.74, 6) is -11.2. The Morgan fingerprint density at radius 1 is 0.464 bits per heavy atom. The van der Waals surface area contributed by atoms with Gasteiger partial charge in [0.1, 0.15) is 54.4 Å². The van der Waals surface area contributed by atoms with Gasteiger partial charge >= 0.3 is 0 Å². The lowest BCUT2D eigenvalue weighted by Gasteiger charge is -2.41. The molecule has 11 amide bonds. The van der Waals surface area contributed by atoms with Crippen molar-refractivity contribution in [3.63, 3.8) is 0 Å². The van der Waals surface area contributed by atoms with E-state index in [-0.39, 0.29) is 54.9 Å². The quantitative estimate of drug-likeness (QED) is 0.144. The molecule has 1 rings (SSSR count). The summed E-state index contributed by atoms with van der Waals surface area (Å²) in [6.45, 7) is 32.6. The van der Waals surface area contributed by atoms with E-state index in [0.717, 1.165) is 9.80 Å². The Bertz CT molecular complexity index is 2370. The fourth-order valence-corrected chi connectivity index (χ4v) is 10.3. The minimum Gasteiger partial charge on any atom is -0.343 e. The highest BCUT2D eigenvalue weighted by Crippen LogP contribution is 2.25. The van der Waals surface area contributed by atoms with Crippen molar-refractivity contribution < 1.29 is 57.5 Å². The van der Waals surface area contributed by atoms with Crippen molar-refractivity contribution in [3.05, 3.63) is 12.2 Å². The number of Topliss-reactive ketones (excluding diaryl/α,β-unsaturated/α-hetero) is 1. The monoisotopic (exact) mass is 1190 g/mol. The van der Waals surface area contributed by atoms with Crippen LogP contribution in [0.5, 0.6) is 0 Å². The molecule has 11 atom stereocenters. The van der Waals surface area contributed by atoms with Gasteiger partial charge in [0.15, 0.2) is 11.8 Å². The summed E-state index contributed by atoms with van der Waals surface area (Å²) >= 11 is 0. The minimum atomic E-state index is -1.79. The second-order valence-corrected chi connectivity index (χ2v) is 25.8. The molecule has 4 N–H and O–H groups in total. The highest BCUT2D eigenvalue weighted by atomic mass is 16.2. The predicted octanol–water partition coefficient (Wildman–Crippen LogP) is 3.09. The Hall–Kier alpha value is -6.42. The van der Waals surface area contributed by atoms with Crippen molar-refractivity contribution in [3.8, 4) is 0 Å². The van der Waals surface area contributed by atoms with Crippen LogP contribution < -0.4 is 21.3 Å². The average molecular weight is 1190 g/mol. The van der Waals surface area contributed by atoms with Crippen LogP contribution in [0.25, 0.3) is 0 Å². The summed E-state index contributed by atoms with van der Waals surface area (Å²) in [7, 11) is 9.71. The Labute approximate surface area is 501 Å². The van der Waals surface area contributed by atoms with Gasteiger partial charge in [-0.3, -0.25) is 57.5 Å². The zero-order valence-corrected chi connectivity index (χ0v) is 55.3. The third kappa shape index (κ3) is 20.4. The third-order valence-corrected chi connectivity index (χ3v) is 15.7. The normalized spacial score (nSPS) is 26.5. The molecule has 23 nitrogen and oxygen atoms in total. The lowest BCUT2D eigenvalue weighted by molar-refractivity contribution is -0.157. The van der Waals surface area contributed by atoms with E-state index in [1.54, 1.807) is 41.5 Å². The van der Waals surface area contributed by atoms with E-state index in [4.69, 9.17) is 0 Å². The predicted molar refractivity (Wildman–Crippen MR) is 323 cm³/mol. The van der Waals surface area contributed by atoms with Crippen molar-refractivity contribution in [2.24, 2.45) is 41.4 Å². The first kappa shape index (κ1) is 75.6. The molecule has 0 aromatic carbocycles. The van der Waals surface area contributed by atoms with E-state index in [0.29, 0.717) is 6.42 Å². The zero-order chi connectivity index (χ0) is 65.4. The standard InChI is InChI=1S/C61H107N11O12/c1-26-39(16)51(74)50-55(78)65-47(36(10)11)59(82)66(19)31-46(73)67(20)42(27-32(2)3)54(77)64-48(37(12)13)60(83)68(21)43(28-33(4)5)53(76)62-40(17)52(75)63-41(18)56(79)69(22)44(29-34(6)7)57(80)70(23)45(30-35(8)9)58(81)71(24)49(38(14)15)61(84)72(50)25/h32-36,38-45,47-50H,12,26-31H2,1-11,13-25H3,(H,62,76)(H,63,75)(H,64,77)(H,65,78)/t39-,40+,41-,42+,43+,44+,45+,47+,48+,49+,50+/m1/s1. The van der Waals surface area contributed by atoms with Crippen LogP contribution in [0.1, 0.15) is 150 Å². The molecule has 478 valence electrons. The van der Waals surface area contributed by atoms with E-state index in [9.17, 15) is 47.9 Å². The molecule has 1 aliphatic heterocycles. The van der Waals surface area contributed by atoms with Gasteiger partial charge in [-0.15, -0.1) is 0 Å². The highest BCUT2D eigenvalue weighted by molar-refractivity contribution is 6.10. The molecule has 0 radical (unpaired) electrons. The fraction of sp³-hybridized carbons (Fsp3) is 0.770. The van der Waals surface area contributed by atoms with Crippen molar-refractivity contribution in [1.29, 1.82) is 0 Å². The molecule has 1 fully saturated rings. The topological polar surface area (TPSA) is 276 Å². The molecule has 0 saturated carbocycles. The van der Waals surface area contributed by atoms with E-state index in [1.807, 2.05) is 55.4 Å². The van der Waals surface area contributed by atoms with Gasteiger partial charge in [-0.05, 0) is 94.0 Å². The van der Waals surface area contributed by atoms with Gasteiger partial charge in [-0.1, -0.05) is 104 Å². The van der Waals surface area contributed by atoms with Crippen molar-refractivity contribution >= 4 is 70.8 Å². The van der Waals surface area contributed by atoms with Crippen LogP contribution in [0.15, 0.2) is 12.2 Å². The summed E-state index contributed by atoms with van der Waals surface area (Å²) in [5.41, 5.74) is 0.209. The summed E-state index contributed by atoms with van der Waals surface area (Å²) in [6.07, 6.45) is 0.815. The lowest BCUT2D eigenvalue weighted by Crippen LogP contribution is -2.63. The maximum atomic E-state index is 15.1. The molecule has 0 spiro atoms. The molecule has 84 heavy (non-hydrogen) atoms. The van der Waals surface area contributed by atoms with Gasteiger partial charge < -0.3 is 55.6 Å². The fourth-order valence-electron chi connectivity index (χ4n) is 10.3. The van der Waals surface area contributed by atoms with Crippen molar-refractivity contribution in [2.75, 3.05) is 55.9 Å². The smallest absolute Gasteiger partial charge is 0.251 e. The molecule has 1 saturated heterocycles. The average Bonchev–Trinajstić information content (AvgIpc) is 3.54. The first-order chi connectivity index (χ1) is 38.6. The number of amides is 11. The molecule has 23 heteroatoms. The SMILES string of the molecule is C=C(C)[C@@H]1NC(=O)[C@H](CC(C)C)N(C)C(=O)CN(C)C(=O)[C@H](C(C)C)NC(=O)[C@H](C(=O)[C@H](C)CC)N(C)C(=O)[C@H](C(C)C)N(C)C(=O)[C@H](CC(C)C)N(C)C(=O)[C@H](CC(C)C)N(C)C(=O)[C@@H](C)NC(=O)[C@H](C)NC(=O)[C@H](CC(C)C)N(C)C1=O. The molecule has 0 aliphatic carbocycles. The van der Waals surface area contributed by atoms with Gasteiger partial charge in [0, 0.05) is 55.3 Å². The number of carbonyl (C=O) groups excluding carboxylic acids is 12. The number of ketones is 1. The molecule has 1 aliphatic rings. The number of hydrogen-bond acceptors (Lipinski definition) is 12. The third-order valence-electron chi connectivity index (χ3n) is 15.7. The number of nitrogens with one attached hydrogen (secondary N) is 4. The number of likely N-dealkylation sites (N-methyl/N-ethyl adjacent to an activating group) is 7. The van der Waals surface area contributed by atoms with Gasteiger partial charge in [-0.25, -0.2) is 0 Å².